The number of aryl methyl sites for hydroxylation is 1. The Bertz CT molecular complexity index is 489. The lowest BCUT2D eigenvalue weighted by molar-refractivity contribution is 0.159. The molecule has 0 aliphatic heterocycles. The van der Waals surface area contributed by atoms with Gasteiger partial charge in [0.1, 0.15) is 6.61 Å². The molecule has 0 aromatic carbocycles. The third kappa shape index (κ3) is 3.32. The molecule has 0 saturated carbocycles. The summed E-state index contributed by atoms with van der Waals surface area (Å²) < 4.78 is 31.4. The van der Waals surface area contributed by atoms with E-state index in [1.54, 1.807) is 0 Å². The summed E-state index contributed by atoms with van der Waals surface area (Å²) in [5, 5.41) is -0.142. The average molecular weight is 263 g/mol. The third-order valence-electron chi connectivity index (χ3n) is 1.80. The zero-order valence-corrected chi connectivity index (χ0v) is 9.90. The van der Waals surface area contributed by atoms with Gasteiger partial charge < -0.3 is 20.8 Å². The molecule has 0 aliphatic carbocycles. The van der Waals surface area contributed by atoms with E-state index in [0.717, 1.165) is 0 Å². The Balaban J connectivity index is 2.67. The summed E-state index contributed by atoms with van der Waals surface area (Å²) in [6.07, 6.45) is 0.313. The van der Waals surface area contributed by atoms with Crippen molar-refractivity contribution in [1.29, 1.82) is 0 Å². The topological polar surface area (TPSA) is 142 Å². The van der Waals surface area contributed by atoms with Crippen LogP contribution in [0.4, 0.5) is 10.6 Å². The Morgan fingerprint density at radius 3 is 2.76 bits per heavy atom. The summed E-state index contributed by atoms with van der Waals surface area (Å²) in [5.41, 5.74) is 10.1. The molecule has 0 bridgehead atoms. The van der Waals surface area contributed by atoms with E-state index in [-0.39, 0.29) is 24.0 Å². The van der Waals surface area contributed by atoms with Crippen LogP contribution in [0.5, 0.6) is 0 Å². The second-order valence-corrected chi connectivity index (χ2v) is 4.79. The normalized spacial score (nSPS) is 11.4. The standard InChI is InChI=1S/C7H13N5O4S/c1-12-4-10-5(8)6(12)17(14,15)11-2-3-16-7(9)13/h4,11H,2-3,8H2,1H3,(H2,9,13). The molecule has 17 heavy (non-hydrogen) atoms. The van der Waals surface area contributed by atoms with E-state index in [1.165, 1.54) is 17.9 Å². The Labute approximate surface area is 97.8 Å². The minimum absolute atomic E-state index is 0.101. The Hall–Kier alpha value is -1.81. The number of imidazole rings is 1. The molecule has 1 rings (SSSR count). The maximum absolute atomic E-state index is 11.8. The molecule has 0 aliphatic rings. The van der Waals surface area contributed by atoms with Crippen LogP contribution in [0.1, 0.15) is 0 Å². The highest BCUT2D eigenvalue weighted by molar-refractivity contribution is 7.89. The number of aromatic nitrogens is 2. The Morgan fingerprint density at radius 1 is 1.65 bits per heavy atom. The van der Waals surface area contributed by atoms with Crippen molar-refractivity contribution in [2.24, 2.45) is 12.8 Å². The fraction of sp³-hybridized carbons (Fsp3) is 0.429. The van der Waals surface area contributed by atoms with Crippen molar-refractivity contribution >= 4 is 21.9 Å². The number of amides is 1. The van der Waals surface area contributed by atoms with Crippen LogP contribution in [0.15, 0.2) is 11.4 Å². The van der Waals surface area contributed by atoms with Crippen LogP contribution in [0.2, 0.25) is 0 Å². The monoisotopic (exact) mass is 263 g/mol. The van der Waals surface area contributed by atoms with Gasteiger partial charge in [0.05, 0.1) is 6.33 Å². The highest BCUT2D eigenvalue weighted by atomic mass is 32.2. The quantitative estimate of drug-likeness (QED) is 0.545. The second-order valence-electron chi connectivity index (χ2n) is 3.11. The molecule has 10 heteroatoms. The molecular formula is C7H13N5O4S. The second kappa shape index (κ2) is 5.01. The van der Waals surface area contributed by atoms with Gasteiger partial charge in [-0.05, 0) is 0 Å². The number of carbonyl (C=O) groups excluding carboxylic acids is 1. The number of rotatable bonds is 5. The van der Waals surface area contributed by atoms with Crippen LogP contribution in [-0.4, -0.2) is 37.2 Å². The van der Waals surface area contributed by atoms with Crippen LogP contribution in [0.25, 0.3) is 0 Å². The van der Waals surface area contributed by atoms with Gasteiger partial charge in [-0.1, -0.05) is 0 Å². The largest absolute Gasteiger partial charge is 0.448 e. The van der Waals surface area contributed by atoms with E-state index in [2.05, 4.69) is 14.4 Å². The molecule has 1 amide bonds. The van der Waals surface area contributed by atoms with Gasteiger partial charge in [0.15, 0.2) is 10.8 Å². The first-order valence-electron chi connectivity index (χ1n) is 4.53. The Kier molecular flexibility index (Phi) is 3.91. The van der Waals surface area contributed by atoms with Gasteiger partial charge in [0, 0.05) is 13.6 Å². The molecule has 1 heterocycles. The minimum Gasteiger partial charge on any atom is -0.448 e. The van der Waals surface area contributed by atoms with Crippen molar-refractivity contribution in [2.75, 3.05) is 18.9 Å². The van der Waals surface area contributed by atoms with Crippen LogP contribution in [0.3, 0.4) is 0 Å². The zero-order chi connectivity index (χ0) is 13.1. The molecule has 0 atom stereocenters. The van der Waals surface area contributed by atoms with Crippen molar-refractivity contribution in [3.05, 3.63) is 6.33 Å². The lowest BCUT2D eigenvalue weighted by atomic mass is 10.7. The number of nitrogens with zero attached hydrogens (tertiary/aromatic N) is 2. The van der Waals surface area contributed by atoms with Crippen LogP contribution in [0, 0.1) is 0 Å². The molecule has 1 aromatic rings. The van der Waals surface area contributed by atoms with Crippen LogP contribution < -0.4 is 16.2 Å². The molecule has 9 nitrogen and oxygen atoms in total. The molecule has 5 N–H and O–H groups in total. The van der Waals surface area contributed by atoms with Crippen LogP contribution >= 0.6 is 0 Å². The number of nitrogens with two attached hydrogens (primary N) is 2. The lowest BCUT2D eigenvalue weighted by Gasteiger charge is -2.07. The van der Waals surface area contributed by atoms with Gasteiger partial charge in [-0.2, -0.15) is 0 Å². The number of sulfonamides is 1. The number of ether oxygens (including phenoxy) is 1. The van der Waals surface area contributed by atoms with Gasteiger partial charge >= 0.3 is 6.09 Å². The summed E-state index contributed by atoms with van der Waals surface area (Å²) in [5.74, 6) is -0.101. The number of nitrogens with one attached hydrogen (secondary N) is 1. The van der Waals surface area contributed by atoms with Gasteiger partial charge in [-0.3, -0.25) is 0 Å². The molecule has 0 spiro atoms. The number of carbonyl (C=O) groups is 1. The van der Waals surface area contributed by atoms with Gasteiger partial charge in [-0.15, -0.1) is 0 Å². The summed E-state index contributed by atoms with van der Waals surface area (Å²) in [6, 6.07) is 0. The summed E-state index contributed by atoms with van der Waals surface area (Å²) in [6.45, 7) is -0.262. The van der Waals surface area contributed by atoms with Crippen molar-refractivity contribution in [3.8, 4) is 0 Å². The SMILES string of the molecule is Cn1cnc(N)c1S(=O)(=O)NCCOC(N)=O. The van der Waals surface area contributed by atoms with E-state index in [4.69, 9.17) is 11.5 Å². The van der Waals surface area contributed by atoms with Crippen molar-refractivity contribution in [3.63, 3.8) is 0 Å². The molecular weight excluding hydrogens is 250 g/mol. The number of hydrogen-bond donors (Lipinski definition) is 3. The molecule has 0 radical (unpaired) electrons. The first kappa shape index (κ1) is 13.3. The number of primary amides is 1. The molecule has 0 unspecified atom stereocenters. The first-order valence-corrected chi connectivity index (χ1v) is 6.01. The molecule has 0 saturated heterocycles. The van der Waals surface area contributed by atoms with E-state index < -0.39 is 16.1 Å². The Morgan fingerprint density at radius 2 is 2.29 bits per heavy atom. The van der Waals surface area contributed by atoms with Crippen LogP contribution in [-0.2, 0) is 21.8 Å². The highest BCUT2D eigenvalue weighted by Gasteiger charge is 2.21. The maximum atomic E-state index is 11.8. The van der Waals surface area contributed by atoms with Crippen molar-refractivity contribution < 1.29 is 17.9 Å². The van der Waals surface area contributed by atoms with Gasteiger partial charge in [-0.25, -0.2) is 22.9 Å². The van der Waals surface area contributed by atoms with Crippen molar-refractivity contribution in [2.45, 2.75) is 5.03 Å². The predicted octanol–water partition coefficient (Wildman–Crippen LogP) is -1.62. The fourth-order valence-electron chi connectivity index (χ4n) is 1.16. The average Bonchev–Trinajstić information content (AvgIpc) is 2.53. The first-order chi connectivity index (χ1) is 7.84. The van der Waals surface area contributed by atoms with E-state index >= 15 is 0 Å². The summed E-state index contributed by atoms with van der Waals surface area (Å²) in [7, 11) is -2.29. The van der Waals surface area contributed by atoms with Gasteiger partial charge in [0.2, 0.25) is 0 Å². The number of nitrogen functional groups attached to an aromatic ring is 1. The number of hydrogen-bond acceptors (Lipinski definition) is 6. The van der Waals surface area contributed by atoms with Gasteiger partial charge in [0.25, 0.3) is 10.0 Å². The predicted molar refractivity (Wildman–Crippen MR) is 58.3 cm³/mol. The van der Waals surface area contributed by atoms with E-state index in [0.29, 0.717) is 0 Å². The maximum Gasteiger partial charge on any atom is 0.404 e. The minimum atomic E-state index is -3.78. The summed E-state index contributed by atoms with van der Waals surface area (Å²) >= 11 is 0. The molecule has 1 aromatic heterocycles. The smallest absolute Gasteiger partial charge is 0.404 e. The summed E-state index contributed by atoms with van der Waals surface area (Å²) in [4.78, 5) is 13.9. The molecule has 96 valence electrons. The lowest BCUT2D eigenvalue weighted by Crippen LogP contribution is -2.30. The van der Waals surface area contributed by atoms with Crippen molar-refractivity contribution in [1.82, 2.24) is 14.3 Å². The van der Waals surface area contributed by atoms with E-state index in [9.17, 15) is 13.2 Å². The third-order valence-corrected chi connectivity index (χ3v) is 3.39. The fourth-order valence-corrected chi connectivity index (χ4v) is 2.40. The molecule has 0 fully saturated rings. The highest BCUT2D eigenvalue weighted by Crippen LogP contribution is 2.14. The zero-order valence-electron chi connectivity index (χ0n) is 9.08. The van der Waals surface area contributed by atoms with E-state index in [1.807, 2.05) is 0 Å². The number of anilines is 1.